The van der Waals surface area contributed by atoms with Crippen LogP contribution in [0, 0.1) is 6.92 Å². The molecule has 1 aliphatic rings. The number of aryl methyl sites for hydroxylation is 1. The number of aromatic nitrogens is 3. The smallest absolute Gasteiger partial charge is 0.358 e. The molecule has 0 N–H and O–H groups in total. The second-order valence-corrected chi connectivity index (χ2v) is 5.76. The lowest BCUT2D eigenvalue weighted by Crippen LogP contribution is -2.06. The highest BCUT2D eigenvalue weighted by Crippen LogP contribution is 2.39. The van der Waals surface area contributed by atoms with E-state index in [0.29, 0.717) is 18.3 Å². The Balaban J connectivity index is 1.95. The van der Waals surface area contributed by atoms with Crippen molar-refractivity contribution in [1.82, 2.24) is 14.5 Å². The third-order valence-corrected chi connectivity index (χ3v) is 4.08. The van der Waals surface area contributed by atoms with Gasteiger partial charge in [-0.2, -0.15) is 0 Å². The molecule has 3 rings (SSSR count). The summed E-state index contributed by atoms with van der Waals surface area (Å²) in [7, 11) is 0. The molecule has 5 nitrogen and oxygen atoms in total. The number of esters is 1. The van der Waals surface area contributed by atoms with Gasteiger partial charge in [0, 0.05) is 10.9 Å². The van der Waals surface area contributed by atoms with Gasteiger partial charge in [-0.3, -0.25) is 0 Å². The zero-order chi connectivity index (χ0) is 13.4. The Labute approximate surface area is 115 Å². The Morgan fingerprint density at radius 1 is 1.58 bits per heavy atom. The topological polar surface area (TPSA) is 57.0 Å². The van der Waals surface area contributed by atoms with Crippen LogP contribution in [-0.2, 0) is 4.74 Å². The fourth-order valence-electron chi connectivity index (χ4n) is 2.01. The van der Waals surface area contributed by atoms with Gasteiger partial charge in [-0.25, -0.2) is 14.8 Å². The number of rotatable bonds is 4. The molecular formula is C13H15N3O2S. The second kappa shape index (κ2) is 4.77. The maximum absolute atomic E-state index is 11.8. The largest absolute Gasteiger partial charge is 0.461 e. The Morgan fingerprint density at radius 2 is 2.37 bits per heavy atom. The van der Waals surface area contributed by atoms with E-state index in [4.69, 9.17) is 4.74 Å². The third kappa shape index (κ3) is 2.28. The molecule has 2 aromatic rings. The lowest BCUT2D eigenvalue weighted by molar-refractivity contribution is 0.0519. The SMILES string of the molecule is CCOC(=O)c1nc(-c2cncn2C2CC2)sc1C. The number of imidazole rings is 1. The molecule has 6 heteroatoms. The zero-order valence-corrected chi connectivity index (χ0v) is 11.7. The summed E-state index contributed by atoms with van der Waals surface area (Å²) in [4.78, 5) is 21.3. The number of carbonyl (C=O) groups excluding carboxylic acids is 1. The van der Waals surface area contributed by atoms with E-state index in [2.05, 4.69) is 14.5 Å². The first-order chi connectivity index (χ1) is 9.20. The van der Waals surface area contributed by atoms with Crippen LogP contribution in [0.4, 0.5) is 0 Å². The Hall–Kier alpha value is -1.69. The maximum Gasteiger partial charge on any atom is 0.358 e. The van der Waals surface area contributed by atoms with Crippen molar-refractivity contribution in [2.45, 2.75) is 32.7 Å². The summed E-state index contributed by atoms with van der Waals surface area (Å²) in [5.41, 5.74) is 1.41. The number of hydrogen-bond acceptors (Lipinski definition) is 5. The summed E-state index contributed by atoms with van der Waals surface area (Å²) in [5, 5.41) is 0.838. The molecule has 0 amide bonds. The van der Waals surface area contributed by atoms with E-state index in [1.807, 2.05) is 19.4 Å². The predicted octanol–water partition coefficient (Wildman–Crippen LogP) is 2.83. The predicted molar refractivity (Wildman–Crippen MR) is 72.3 cm³/mol. The number of ether oxygens (including phenoxy) is 1. The number of nitrogens with zero attached hydrogens (tertiary/aromatic N) is 3. The van der Waals surface area contributed by atoms with E-state index in [1.165, 1.54) is 24.2 Å². The summed E-state index contributed by atoms with van der Waals surface area (Å²) in [6.07, 6.45) is 6.04. The minimum absolute atomic E-state index is 0.347. The van der Waals surface area contributed by atoms with Crippen molar-refractivity contribution in [2.24, 2.45) is 0 Å². The molecule has 0 radical (unpaired) electrons. The van der Waals surface area contributed by atoms with Crippen molar-refractivity contribution in [3.8, 4) is 10.7 Å². The summed E-state index contributed by atoms with van der Waals surface area (Å²) >= 11 is 1.51. The quantitative estimate of drug-likeness (QED) is 0.806. The zero-order valence-electron chi connectivity index (χ0n) is 10.9. The Bertz CT molecular complexity index is 613. The molecule has 0 unspecified atom stereocenters. The number of hydrogen-bond donors (Lipinski definition) is 0. The third-order valence-electron chi connectivity index (χ3n) is 3.09. The van der Waals surface area contributed by atoms with Gasteiger partial charge in [-0.15, -0.1) is 11.3 Å². The molecule has 0 aromatic carbocycles. The van der Waals surface area contributed by atoms with Gasteiger partial charge in [0.1, 0.15) is 5.01 Å². The molecule has 0 aliphatic heterocycles. The first-order valence-corrected chi connectivity index (χ1v) is 7.19. The fourth-order valence-corrected chi connectivity index (χ4v) is 2.92. The van der Waals surface area contributed by atoms with Crippen LogP contribution in [0.3, 0.4) is 0 Å². The van der Waals surface area contributed by atoms with Crippen molar-refractivity contribution in [3.05, 3.63) is 23.1 Å². The van der Waals surface area contributed by atoms with Crippen LogP contribution in [-0.4, -0.2) is 27.1 Å². The monoisotopic (exact) mass is 277 g/mol. The highest BCUT2D eigenvalue weighted by atomic mass is 32.1. The summed E-state index contributed by atoms with van der Waals surface area (Å²) in [5.74, 6) is -0.347. The van der Waals surface area contributed by atoms with Crippen LogP contribution in [0.5, 0.6) is 0 Å². The van der Waals surface area contributed by atoms with Crippen molar-refractivity contribution < 1.29 is 9.53 Å². The van der Waals surface area contributed by atoms with Crippen LogP contribution in [0.25, 0.3) is 10.7 Å². The van der Waals surface area contributed by atoms with Crippen molar-refractivity contribution in [3.63, 3.8) is 0 Å². The number of carbonyl (C=O) groups is 1. The standard InChI is InChI=1S/C13H15N3O2S/c1-3-18-13(17)11-8(2)19-12(15-11)10-6-14-7-16(10)9-4-5-9/h6-7,9H,3-5H2,1-2H3. The number of thiazole rings is 1. The summed E-state index contributed by atoms with van der Waals surface area (Å²) in [6.45, 7) is 4.05. The van der Waals surface area contributed by atoms with Gasteiger partial charge in [-0.05, 0) is 26.7 Å². The maximum atomic E-state index is 11.8. The first kappa shape index (κ1) is 12.3. The van der Waals surface area contributed by atoms with Crippen LogP contribution in [0.15, 0.2) is 12.5 Å². The van der Waals surface area contributed by atoms with E-state index in [9.17, 15) is 4.79 Å². The Kier molecular flexibility index (Phi) is 3.10. The molecule has 0 atom stereocenters. The molecule has 0 saturated heterocycles. The van der Waals surface area contributed by atoms with Gasteiger partial charge in [0.2, 0.25) is 0 Å². The van der Waals surface area contributed by atoms with E-state index in [-0.39, 0.29) is 5.97 Å². The van der Waals surface area contributed by atoms with Crippen molar-refractivity contribution >= 4 is 17.3 Å². The van der Waals surface area contributed by atoms with Crippen molar-refractivity contribution in [2.75, 3.05) is 6.61 Å². The minimum atomic E-state index is -0.347. The molecule has 0 bridgehead atoms. The van der Waals surface area contributed by atoms with E-state index < -0.39 is 0 Å². The minimum Gasteiger partial charge on any atom is -0.461 e. The lowest BCUT2D eigenvalue weighted by atomic mass is 10.4. The van der Waals surface area contributed by atoms with Gasteiger partial charge in [0.25, 0.3) is 0 Å². The van der Waals surface area contributed by atoms with Crippen LogP contribution in [0.1, 0.15) is 41.2 Å². The van der Waals surface area contributed by atoms with E-state index in [0.717, 1.165) is 15.6 Å². The second-order valence-electron chi connectivity index (χ2n) is 4.56. The normalized spacial score (nSPS) is 14.6. The molecule has 0 spiro atoms. The molecule has 2 heterocycles. The molecule has 100 valence electrons. The highest BCUT2D eigenvalue weighted by Gasteiger charge is 2.27. The average molecular weight is 277 g/mol. The molecule has 19 heavy (non-hydrogen) atoms. The van der Waals surface area contributed by atoms with Gasteiger partial charge in [0.05, 0.1) is 24.8 Å². The van der Waals surface area contributed by atoms with Crippen LogP contribution < -0.4 is 0 Å². The molecule has 1 saturated carbocycles. The molecule has 2 aromatic heterocycles. The lowest BCUT2D eigenvalue weighted by Gasteiger charge is -2.02. The summed E-state index contributed by atoms with van der Waals surface area (Å²) in [6, 6.07) is 0.549. The Morgan fingerprint density at radius 3 is 3.05 bits per heavy atom. The fraction of sp³-hybridized carbons (Fsp3) is 0.462. The average Bonchev–Trinajstić information content (AvgIpc) is 2.98. The van der Waals surface area contributed by atoms with E-state index >= 15 is 0 Å². The molecule has 1 aliphatic carbocycles. The van der Waals surface area contributed by atoms with Gasteiger partial charge in [0.15, 0.2) is 5.69 Å². The van der Waals surface area contributed by atoms with Crippen LogP contribution in [0.2, 0.25) is 0 Å². The van der Waals surface area contributed by atoms with Gasteiger partial charge in [-0.1, -0.05) is 0 Å². The first-order valence-electron chi connectivity index (χ1n) is 6.37. The van der Waals surface area contributed by atoms with Gasteiger partial charge < -0.3 is 9.30 Å². The molecular weight excluding hydrogens is 262 g/mol. The van der Waals surface area contributed by atoms with Crippen molar-refractivity contribution in [1.29, 1.82) is 0 Å². The molecule has 1 fully saturated rings. The summed E-state index contributed by atoms with van der Waals surface area (Å²) < 4.78 is 7.16. The van der Waals surface area contributed by atoms with E-state index in [1.54, 1.807) is 6.92 Å². The van der Waals surface area contributed by atoms with Gasteiger partial charge >= 0.3 is 5.97 Å². The highest BCUT2D eigenvalue weighted by molar-refractivity contribution is 7.15. The van der Waals surface area contributed by atoms with Crippen LogP contribution >= 0.6 is 11.3 Å².